The number of esters is 1. The molecule has 6 nitrogen and oxygen atoms in total. The van der Waals surface area contributed by atoms with Crippen molar-refractivity contribution in [2.45, 2.75) is 31.4 Å². The molecule has 2 atom stereocenters. The van der Waals surface area contributed by atoms with Gasteiger partial charge in [-0.3, -0.25) is 4.79 Å². The van der Waals surface area contributed by atoms with Crippen LogP contribution in [0, 0.1) is 0 Å². The van der Waals surface area contributed by atoms with E-state index in [1.165, 1.54) is 19.1 Å². The first-order valence-electron chi connectivity index (χ1n) is 9.25. The van der Waals surface area contributed by atoms with Crippen LogP contribution in [0.15, 0.2) is 54.6 Å². The molecule has 0 aliphatic heterocycles. The summed E-state index contributed by atoms with van der Waals surface area (Å²) in [7, 11) is 2.58. The first kappa shape index (κ1) is 22.7. The molecule has 0 saturated carbocycles. The summed E-state index contributed by atoms with van der Waals surface area (Å²) in [4.78, 5) is 25.9. The van der Waals surface area contributed by atoms with Crippen molar-refractivity contribution in [2.75, 3.05) is 20.8 Å². The average molecular weight is 420 g/mol. The number of hydrogen-bond acceptors (Lipinski definition) is 5. The van der Waals surface area contributed by atoms with E-state index in [1.54, 1.807) is 36.4 Å². The Labute approximate surface area is 176 Å². The fraction of sp³-hybridized carbons (Fsp3) is 0.364. The zero-order chi connectivity index (χ0) is 21.4. The van der Waals surface area contributed by atoms with Crippen LogP contribution in [0.5, 0.6) is 0 Å². The Morgan fingerprint density at radius 2 is 1.69 bits per heavy atom. The fourth-order valence-corrected chi connectivity index (χ4v) is 3.31. The maximum absolute atomic E-state index is 12.4. The molecule has 1 amide bonds. The molecule has 7 heteroatoms. The Hall–Kier alpha value is -2.57. The summed E-state index contributed by atoms with van der Waals surface area (Å²) in [6.07, 6.45) is -0.627. The molecule has 0 spiro atoms. The third kappa shape index (κ3) is 5.95. The molecule has 0 heterocycles. The number of ether oxygens (including phenoxy) is 2. The predicted molar refractivity (Wildman–Crippen MR) is 111 cm³/mol. The monoisotopic (exact) mass is 419 g/mol. The van der Waals surface area contributed by atoms with Gasteiger partial charge in [-0.15, -0.1) is 0 Å². The molecule has 0 aliphatic rings. The van der Waals surface area contributed by atoms with Gasteiger partial charge in [-0.05, 0) is 36.6 Å². The Kier molecular flexibility index (Phi) is 8.05. The van der Waals surface area contributed by atoms with Crippen LogP contribution in [0.3, 0.4) is 0 Å². The van der Waals surface area contributed by atoms with Gasteiger partial charge in [0.15, 0.2) is 0 Å². The first-order valence-corrected chi connectivity index (χ1v) is 9.63. The topological polar surface area (TPSA) is 76.1 Å². The number of nitrogens with zero attached hydrogens (tertiary/aromatic N) is 1. The van der Waals surface area contributed by atoms with Crippen LogP contribution >= 0.6 is 11.6 Å². The van der Waals surface area contributed by atoms with Crippen LogP contribution < -0.4 is 0 Å². The summed E-state index contributed by atoms with van der Waals surface area (Å²) in [5, 5.41) is 11.9. The van der Waals surface area contributed by atoms with Gasteiger partial charge in [-0.2, -0.15) is 0 Å². The smallest absolute Gasteiger partial charge is 0.409 e. The quantitative estimate of drug-likeness (QED) is 0.645. The van der Waals surface area contributed by atoms with Crippen LogP contribution in [-0.4, -0.2) is 42.8 Å². The van der Waals surface area contributed by atoms with Crippen molar-refractivity contribution in [2.24, 2.45) is 0 Å². The van der Waals surface area contributed by atoms with Gasteiger partial charge < -0.3 is 19.5 Å². The summed E-state index contributed by atoms with van der Waals surface area (Å²) in [5.74, 6) is -0.535. The minimum atomic E-state index is -1.49. The zero-order valence-corrected chi connectivity index (χ0v) is 17.6. The number of benzene rings is 2. The maximum Gasteiger partial charge on any atom is 0.409 e. The number of halogens is 1. The number of carbonyl (C=O) groups excluding carboxylic acids is 2. The Bertz CT molecular complexity index is 812. The average Bonchev–Trinajstić information content (AvgIpc) is 2.74. The van der Waals surface area contributed by atoms with Crippen molar-refractivity contribution in [3.63, 3.8) is 0 Å². The van der Waals surface area contributed by atoms with Crippen molar-refractivity contribution < 1.29 is 24.2 Å². The molecule has 0 aliphatic carbocycles. The number of carbonyl (C=O) groups is 2. The van der Waals surface area contributed by atoms with Crippen molar-refractivity contribution in [3.8, 4) is 0 Å². The van der Waals surface area contributed by atoms with Crippen LogP contribution in [0.4, 0.5) is 4.79 Å². The van der Waals surface area contributed by atoms with Gasteiger partial charge in [0, 0.05) is 11.6 Å². The Morgan fingerprint density at radius 3 is 2.24 bits per heavy atom. The standard InChI is InChI=1S/C22H26ClNO5/c1-16(17-9-11-19(23)12-10-17)24(21(26)29-3)14-13-22(27,15-20(25)28-2)18-7-5-4-6-8-18/h4-12,16,27H,13-15H2,1-3H3. The summed E-state index contributed by atoms with van der Waals surface area (Å²) < 4.78 is 9.69. The lowest BCUT2D eigenvalue weighted by Gasteiger charge is -2.33. The Balaban J connectivity index is 2.27. The van der Waals surface area contributed by atoms with Crippen molar-refractivity contribution in [3.05, 3.63) is 70.7 Å². The minimum Gasteiger partial charge on any atom is -0.469 e. The molecule has 0 bridgehead atoms. The molecule has 1 N–H and O–H groups in total. The molecule has 29 heavy (non-hydrogen) atoms. The summed E-state index contributed by atoms with van der Waals surface area (Å²) in [6.45, 7) is 2.03. The molecule has 2 rings (SSSR count). The Morgan fingerprint density at radius 1 is 1.07 bits per heavy atom. The van der Waals surface area contributed by atoms with Crippen LogP contribution in [0.1, 0.15) is 36.9 Å². The SMILES string of the molecule is COC(=O)CC(O)(CCN(C(=O)OC)C(C)c1ccc(Cl)cc1)c1ccccc1. The van der Waals surface area contributed by atoms with Gasteiger partial charge in [0.05, 0.1) is 26.7 Å². The third-order valence-corrected chi connectivity index (χ3v) is 5.22. The van der Waals surface area contributed by atoms with Gasteiger partial charge in [0.2, 0.25) is 0 Å². The van der Waals surface area contributed by atoms with E-state index in [1.807, 2.05) is 25.1 Å². The molecular weight excluding hydrogens is 394 g/mol. The first-order chi connectivity index (χ1) is 13.8. The molecule has 2 aromatic carbocycles. The van der Waals surface area contributed by atoms with E-state index in [-0.39, 0.29) is 25.4 Å². The van der Waals surface area contributed by atoms with Gasteiger partial charge in [0.1, 0.15) is 5.60 Å². The molecule has 0 fully saturated rings. The largest absolute Gasteiger partial charge is 0.469 e. The van der Waals surface area contributed by atoms with E-state index in [0.717, 1.165) is 5.56 Å². The lowest BCUT2D eigenvalue weighted by molar-refractivity contribution is -0.147. The molecule has 0 aromatic heterocycles. The number of amides is 1. The van der Waals surface area contributed by atoms with E-state index in [9.17, 15) is 14.7 Å². The highest BCUT2D eigenvalue weighted by molar-refractivity contribution is 6.30. The van der Waals surface area contributed by atoms with Gasteiger partial charge in [-0.25, -0.2) is 4.79 Å². The summed E-state index contributed by atoms with van der Waals surface area (Å²) >= 11 is 5.95. The zero-order valence-electron chi connectivity index (χ0n) is 16.8. The predicted octanol–water partition coefficient (Wildman–Crippen LogP) is 4.31. The van der Waals surface area contributed by atoms with Crippen molar-refractivity contribution in [1.29, 1.82) is 0 Å². The minimum absolute atomic E-state index is 0.124. The molecule has 2 aromatic rings. The number of rotatable bonds is 8. The van der Waals surface area contributed by atoms with Crippen LogP contribution in [-0.2, 0) is 19.9 Å². The van der Waals surface area contributed by atoms with E-state index in [2.05, 4.69) is 0 Å². The lowest BCUT2D eigenvalue weighted by Crippen LogP contribution is -2.39. The maximum atomic E-state index is 12.4. The molecular formula is C22H26ClNO5. The summed E-state index contributed by atoms with van der Waals surface area (Å²) in [6, 6.07) is 15.7. The second-order valence-electron chi connectivity index (χ2n) is 6.79. The highest BCUT2D eigenvalue weighted by Gasteiger charge is 2.35. The van der Waals surface area contributed by atoms with Crippen molar-refractivity contribution >= 4 is 23.7 Å². The van der Waals surface area contributed by atoms with Gasteiger partial charge >= 0.3 is 12.1 Å². The number of aliphatic hydroxyl groups is 1. The van der Waals surface area contributed by atoms with E-state index in [4.69, 9.17) is 21.1 Å². The van der Waals surface area contributed by atoms with E-state index < -0.39 is 17.7 Å². The van der Waals surface area contributed by atoms with E-state index in [0.29, 0.717) is 10.6 Å². The molecule has 2 unspecified atom stereocenters. The number of hydrogen-bond donors (Lipinski definition) is 1. The van der Waals surface area contributed by atoms with Gasteiger partial charge in [-0.1, -0.05) is 54.1 Å². The van der Waals surface area contributed by atoms with Crippen LogP contribution in [0.2, 0.25) is 5.02 Å². The van der Waals surface area contributed by atoms with Crippen LogP contribution in [0.25, 0.3) is 0 Å². The molecule has 0 saturated heterocycles. The fourth-order valence-electron chi connectivity index (χ4n) is 3.18. The lowest BCUT2D eigenvalue weighted by atomic mass is 9.87. The second kappa shape index (κ2) is 10.3. The van der Waals surface area contributed by atoms with E-state index >= 15 is 0 Å². The second-order valence-corrected chi connectivity index (χ2v) is 7.23. The highest BCUT2D eigenvalue weighted by atomic mass is 35.5. The third-order valence-electron chi connectivity index (χ3n) is 4.97. The molecule has 0 radical (unpaired) electrons. The van der Waals surface area contributed by atoms with Crippen molar-refractivity contribution in [1.82, 2.24) is 4.90 Å². The highest BCUT2D eigenvalue weighted by Crippen LogP contribution is 2.31. The summed E-state index contributed by atoms with van der Waals surface area (Å²) in [5.41, 5.74) is -0.0363. The molecule has 156 valence electrons. The van der Waals surface area contributed by atoms with Gasteiger partial charge in [0.25, 0.3) is 0 Å². The number of methoxy groups -OCH3 is 2. The normalized spacial score (nSPS) is 13.8.